The minimum Gasteiger partial charge on any atom is -0.399 e. The Balaban J connectivity index is 2.49. The molecule has 1 amide bonds. The molecule has 100 valence electrons. The SMILES string of the molecule is CC(C)COCCNc1ccc(N)cc1C(N)=O. The van der Waals surface area contributed by atoms with Crippen LogP contribution in [0.2, 0.25) is 0 Å². The third-order valence-electron chi connectivity index (χ3n) is 2.32. The van der Waals surface area contributed by atoms with Crippen LogP contribution in [0.4, 0.5) is 11.4 Å². The number of nitrogen functional groups attached to an aromatic ring is 1. The van der Waals surface area contributed by atoms with Gasteiger partial charge >= 0.3 is 0 Å². The Morgan fingerprint density at radius 3 is 2.78 bits per heavy atom. The fraction of sp³-hybridized carbons (Fsp3) is 0.462. The molecule has 0 saturated carbocycles. The lowest BCUT2D eigenvalue weighted by atomic mass is 10.1. The smallest absolute Gasteiger partial charge is 0.250 e. The summed E-state index contributed by atoms with van der Waals surface area (Å²) in [6.45, 7) is 6.13. The lowest BCUT2D eigenvalue weighted by Gasteiger charge is -2.11. The number of anilines is 2. The molecule has 0 heterocycles. The second-order valence-corrected chi connectivity index (χ2v) is 4.56. The first-order chi connectivity index (χ1) is 8.50. The summed E-state index contributed by atoms with van der Waals surface area (Å²) in [6.07, 6.45) is 0. The molecule has 0 aliphatic heterocycles. The molecule has 0 radical (unpaired) electrons. The third-order valence-corrected chi connectivity index (χ3v) is 2.32. The largest absolute Gasteiger partial charge is 0.399 e. The maximum absolute atomic E-state index is 11.2. The topological polar surface area (TPSA) is 90.4 Å². The summed E-state index contributed by atoms with van der Waals surface area (Å²) in [4.78, 5) is 11.2. The van der Waals surface area contributed by atoms with Crippen molar-refractivity contribution in [1.82, 2.24) is 0 Å². The van der Waals surface area contributed by atoms with Crippen molar-refractivity contribution in [2.24, 2.45) is 11.7 Å². The van der Waals surface area contributed by atoms with Crippen LogP contribution in [-0.4, -0.2) is 25.7 Å². The van der Waals surface area contributed by atoms with E-state index >= 15 is 0 Å². The standard InChI is InChI=1S/C13H21N3O2/c1-9(2)8-18-6-5-16-12-4-3-10(14)7-11(12)13(15)17/h3-4,7,9,16H,5-6,8,14H2,1-2H3,(H2,15,17). The van der Waals surface area contributed by atoms with Gasteiger partial charge in [-0.3, -0.25) is 4.79 Å². The molecular weight excluding hydrogens is 230 g/mol. The number of primary amides is 1. The van der Waals surface area contributed by atoms with Crippen LogP contribution in [0.25, 0.3) is 0 Å². The number of benzene rings is 1. The average Bonchev–Trinajstić information content (AvgIpc) is 2.29. The lowest BCUT2D eigenvalue weighted by molar-refractivity contribution is 0.100. The van der Waals surface area contributed by atoms with Gasteiger partial charge in [0.05, 0.1) is 12.2 Å². The summed E-state index contributed by atoms with van der Waals surface area (Å²) in [6, 6.07) is 5.04. The molecule has 0 unspecified atom stereocenters. The van der Waals surface area contributed by atoms with Gasteiger partial charge in [0.15, 0.2) is 0 Å². The Morgan fingerprint density at radius 1 is 1.44 bits per heavy atom. The maximum atomic E-state index is 11.2. The fourth-order valence-corrected chi connectivity index (χ4v) is 1.50. The number of ether oxygens (including phenoxy) is 1. The van der Waals surface area contributed by atoms with Crippen molar-refractivity contribution >= 4 is 17.3 Å². The highest BCUT2D eigenvalue weighted by Crippen LogP contribution is 2.18. The first-order valence-electron chi connectivity index (χ1n) is 6.01. The van der Waals surface area contributed by atoms with E-state index < -0.39 is 5.91 Å². The predicted octanol–water partition coefficient (Wildman–Crippen LogP) is 1.45. The predicted molar refractivity (Wildman–Crippen MR) is 73.5 cm³/mol. The Kier molecular flexibility index (Phi) is 5.45. The Morgan fingerprint density at radius 2 is 2.17 bits per heavy atom. The van der Waals surface area contributed by atoms with Crippen LogP contribution in [0, 0.1) is 5.92 Å². The van der Waals surface area contributed by atoms with Gasteiger partial charge in [-0.2, -0.15) is 0 Å². The van der Waals surface area contributed by atoms with E-state index in [2.05, 4.69) is 19.2 Å². The van der Waals surface area contributed by atoms with E-state index in [0.29, 0.717) is 36.0 Å². The molecule has 0 saturated heterocycles. The molecule has 0 spiro atoms. The molecule has 5 N–H and O–H groups in total. The van der Waals surface area contributed by atoms with Crippen molar-refractivity contribution in [3.8, 4) is 0 Å². The number of hydrogen-bond donors (Lipinski definition) is 3. The minimum atomic E-state index is -0.493. The first kappa shape index (κ1) is 14.3. The molecule has 0 fully saturated rings. The van der Waals surface area contributed by atoms with Crippen LogP contribution in [0.3, 0.4) is 0 Å². The van der Waals surface area contributed by atoms with E-state index in [4.69, 9.17) is 16.2 Å². The highest BCUT2D eigenvalue weighted by molar-refractivity contribution is 5.99. The molecule has 0 bridgehead atoms. The monoisotopic (exact) mass is 251 g/mol. The van der Waals surface area contributed by atoms with Crippen molar-refractivity contribution in [2.75, 3.05) is 30.8 Å². The van der Waals surface area contributed by atoms with Gasteiger partial charge in [-0.15, -0.1) is 0 Å². The van der Waals surface area contributed by atoms with E-state index in [0.717, 1.165) is 6.61 Å². The normalized spacial score (nSPS) is 10.6. The van der Waals surface area contributed by atoms with Gasteiger partial charge in [-0.05, 0) is 24.1 Å². The molecular formula is C13H21N3O2. The molecule has 0 atom stereocenters. The first-order valence-corrected chi connectivity index (χ1v) is 6.01. The molecule has 1 aromatic rings. The summed E-state index contributed by atoms with van der Waals surface area (Å²) in [7, 11) is 0. The van der Waals surface area contributed by atoms with Crippen molar-refractivity contribution in [1.29, 1.82) is 0 Å². The number of nitrogens with one attached hydrogen (secondary N) is 1. The zero-order valence-corrected chi connectivity index (χ0v) is 10.9. The van der Waals surface area contributed by atoms with Gasteiger partial charge in [0, 0.05) is 24.5 Å². The molecule has 18 heavy (non-hydrogen) atoms. The van der Waals surface area contributed by atoms with Crippen LogP contribution in [-0.2, 0) is 4.74 Å². The molecule has 0 aliphatic carbocycles. The number of carbonyl (C=O) groups excluding carboxylic acids is 1. The summed E-state index contributed by atoms with van der Waals surface area (Å²) in [5.41, 5.74) is 12.5. The van der Waals surface area contributed by atoms with Crippen LogP contribution in [0.1, 0.15) is 24.2 Å². The van der Waals surface area contributed by atoms with Crippen molar-refractivity contribution in [3.05, 3.63) is 23.8 Å². The highest BCUT2D eigenvalue weighted by atomic mass is 16.5. The molecule has 0 aliphatic rings. The number of hydrogen-bond acceptors (Lipinski definition) is 4. The van der Waals surface area contributed by atoms with Gasteiger partial charge < -0.3 is 21.5 Å². The fourth-order valence-electron chi connectivity index (χ4n) is 1.50. The van der Waals surface area contributed by atoms with E-state index in [1.807, 2.05) is 0 Å². The average molecular weight is 251 g/mol. The number of amides is 1. The van der Waals surface area contributed by atoms with Crippen molar-refractivity contribution in [2.45, 2.75) is 13.8 Å². The Bertz CT molecular complexity index is 405. The lowest BCUT2D eigenvalue weighted by Crippen LogP contribution is -2.17. The van der Waals surface area contributed by atoms with Gasteiger partial charge in [0.2, 0.25) is 0 Å². The zero-order chi connectivity index (χ0) is 13.5. The van der Waals surface area contributed by atoms with Crippen LogP contribution >= 0.6 is 0 Å². The number of carbonyl (C=O) groups is 1. The molecule has 1 rings (SSSR count). The molecule has 1 aromatic carbocycles. The Labute approximate surface area is 107 Å². The van der Waals surface area contributed by atoms with Crippen LogP contribution in [0.5, 0.6) is 0 Å². The van der Waals surface area contributed by atoms with E-state index in [1.54, 1.807) is 18.2 Å². The molecule has 5 nitrogen and oxygen atoms in total. The van der Waals surface area contributed by atoms with Gasteiger partial charge in [-0.1, -0.05) is 13.8 Å². The summed E-state index contributed by atoms with van der Waals surface area (Å²) < 4.78 is 5.44. The van der Waals surface area contributed by atoms with Gasteiger partial charge in [0.1, 0.15) is 0 Å². The highest BCUT2D eigenvalue weighted by Gasteiger charge is 2.07. The van der Waals surface area contributed by atoms with Gasteiger partial charge in [0.25, 0.3) is 5.91 Å². The van der Waals surface area contributed by atoms with Crippen LogP contribution < -0.4 is 16.8 Å². The van der Waals surface area contributed by atoms with E-state index in [9.17, 15) is 4.79 Å². The maximum Gasteiger partial charge on any atom is 0.250 e. The molecule has 5 heteroatoms. The van der Waals surface area contributed by atoms with Crippen molar-refractivity contribution in [3.63, 3.8) is 0 Å². The summed E-state index contributed by atoms with van der Waals surface area (Å²) in [5, 5.41) is 3.11. The second-order valence-electron chi connectivity index (χ2n) is 4.56. The Hall–Kier alpha value is -1.75. The quantitative estimate of drug-likeness (QED) is 0.505. The molecule has 0 aromatic heterocycles. The third kappa shape index (κ3) is 4.63. The van der Waals surface area contributed by atoms with Crippen molar-refractivity contribution < 1.29 is 9.53 Å². The van der Waals surface area contributed by atoms with Crippen LogP contribution in [0.15, 0.2) is 18.2 Å². The second kappa shape index (κ2) is 6.86. The van der Waals surface area contributed by atoms with E-state index in [1.165, 1.54) is 0 Å². The summed E-state index contributed by atoms with van der Waals surface area (Å²) in [5.74, 6) is 0.0237. The number of nitrogens with two attached hydrogens (primary N) is 2. The zero-order valence-electron chi connectivity index (χ0n) is 10.9. The number of rotatable bonds is 7. The summed E-state index contributed by atoms with van der Waals surface area (Å²) >= 11 is 0. The minimum absolute atomic E-state index is 0.402. The van der Waals surface area contributed by atoms with E-state index in [-0.39, 0.29) is 0 Å². The van der Waals surface area contributed by atoms with Gasteiger partial charge in [-0.25, -0.2) is 0 Å².